The van der Waals surface area contributed by atoms with Crippen LogP contribution in [0.15, 0.2) is 6.07 Å². The molecule has 0 unspecified atom stereocenters. The summed E-state index contributed by atoms with van der Waals surface area (Å²) in [5.41, 5.74) is 1.71. The number of aryl methyl sites for hydroxylation is 1. The summed E-state index contributed by atoms with van der Waals surface area (Å²) >= 11 is 6.31. The van der Waals surface area contributed by atoms with Gasteiger partial charge in [0.2, 0.25) is 0 Å². The molecule has 0 aliphatic carbocycles. The maximum Gasteiger partial charge on any atom is 0.410 e. The van der Waals surface area contributed by atoms with E-state index in [-0.39, 0.29) is 12.0 Å². The molecule has 136 valence electrons. The molecule has 25 heavy (non-hydrogen) atoms. The van der Waals surface area contributed by atoms with Gasteiger partial charge < -0.3 is 14.4 Å². The summed E-state index contributed by atoms with van der Waals surface area (Å²) in [6.45, 7) is 11.0. The maximum atomic E-state index is 12.2. The third-order valence-corrected chi connectivity index (χ3v) is 4.37. The fraction of sp³-hybridized carbons (Fsp3) is 0.579. The van der Waals surface area contributed by atoms with Crippen molar-refractivity contribution in [2.24, 2.45) is 0 Å². The minimum absolute atomic E-state index is 0.0210. The van der Waals surface area contributed by atoms with Crippen molar-refractivity contribution in [1.82, 2.24) is 4.90 Å². The van der Waals surface area contributed by atoms with Gasteiger partial charge in [-0.05, 0) is 45.7 Å². The Bertz CT molecular complexity index is 698. The molecular weight excluding hydrogens is 340 g/mol. The Morgan fingerprint density at radius 1 is 1.40 bits per heavy atom. The van der Waals surface area contributed by atoms with Gasteiger partial charge in [0.05, 0.1) is 17.2 Å². The third kappa shape index (κ3) is 4.19. The topological polar surface area (TPSA) is 62.6 Å². The highest BCUT2D eigenvalue weighted by Crippen LogP contribution is 2.41. The van der Waals surface area contributed by atoms with Crippen LogP contribution in [0.5, 0.6) is 5.75 Å². The number of hydrogen-bond donors (Lipinski definition) is 0. The molecule has 0 bridgehead atoms. The predicted molar refractivity (Wildman–Crippen MR) is 97.3 cm³/mol. The summed E-state index contributed by atoms with van der Waals surface area (Å²) in [7, 11) is 0. The summed E-state index contributed by atoms with van der Waals surface area (Å²) in [6.07, 6.45) is 0.425. The predicted octanol–water partition coefficient (Wildman–Crippen LogP) is 4.51. The largest absolute Gasteiger partial charge is 0.493 e. The van der Waals surface area contributed by atoms with Crippen molar-refractivity contribution in [3.8, 4) is 11.8 Å². The molecule has 1 amide bonds. The molecule has 1 aromatic carbocycles. The van der Waals surface area contributed by atoms with Crippen molar-refractivity contribution in [1.29, 1.82) is 5.26 Å². The van der Waals surface area contributed by atoms with Crippen LogP contribution in [-0.2, 0) is 11.2 Å². The van der Waals surface area contributed by atoms with E-state index >= 15 is 0 Å². The normalized spacial score (nSPS) is 14.7. The van der Waals surface area contributed by atoms with E-state index in [4.69, 9.17) is 21.1 Å². The highest BCUT2D eigenvalue weighted by molar-refractivity contribution is 6.32. The summed E-state index contributed by atoms with van der Waals surface area (Å²) in [5.74, 6) is 0.757. The molecule has 1 fully saturated rings. The Balaban J connectivity index is 2.30. The molecule has 5 nitrogen and oxygen atoms in total. The Morgan fingerprint density at radius 3 is 2.52 bits per heavy atom. The second-order valence-corrected chi connectivity index (χ2v) is 7.52. The quantitative estimate of drug-likeness (QED) is 0.788. The standard InChI is InChI=1S/C19H25ClN2O3/c1-6-12-8-15(20)14(9-21)16(17(12)24-7-2)13-10-22(11-13)18(23)25-19(3,4)5/h8,13H,6-7,10-11H2,1-5H3. The van der Waals surface area contributed by atoms with Crippen molar-refractivity contribution >= 4 is 17.7 Å². The van der Waals surface area contributed by atoms with Crippen LogP contribution >= 0.6 is 11.6 Å². The van der Waals surface area contributed by atoms with Gasteiger partial charge in [0, 0.05) is 24.6 Å². The number of amides is 1. The lowest BCUT2D eigenvalue weighted by Gasteiger charge is -2.41. The fourth-order valence-electron chi connectivity index (χ4n) is 2.92. The Labute approximate surface area is 154 Å². The first kappa shape index (κ1) is 19.4. The second kappa shape index (κ2) is 7.53. The average molecular weight is 365 g/mol. The van der Waals surface area contributed by atoms with E-state index in [0.717, 1.165) is 23.3 Å². The van der Waals surface area contributed by atoms with E-state index in [1.807, 2.05) is 34.6 Å². The maximum absolute atomic E-state index is 12.2. The highest BCUT2D eigenvalue weighted by atomic mass is 35.5. The number of rotatable bonds is 4. The van der Waals surface area contributed by atoms with Gasteiger partial charge in [-0.3, -0.25) is 0 Å². The van der Waals surface area contributed by atoms with Crippen molar-refractivity contribution < 1.29 is 14.3 Å². The highest BCUT2D eigenvalue weighted by Gasteiger charge is 2.38. The van der Waals surface area contributed by atoms with Crippen molar-refractivity contribution in [2.45, 2.75) is 52.6 Å². The van der Waals surface area contributed by atoms with E-state index < -0.39 is 5.60 Å². The summed E-state index contributed by atoms with van der Waals surface area (Å²) < 4.78 is 11.2. The molecule has 0 spiro atoms. The lowest BCUT2D eigenvalue weighted by molar-refractivity contribution is 0.00793. The fourth-order valence-corrected chi connectivity index (χ4v) is 3.20. The van der Waals surface area contributed by atoms with E-state index in [2.05, 4.69) is 6.07 Å². The molecule has 0 N–H and O–H groups in total. The minimum atomic E-state index is -0.526. The van der Waals surface area contributed by atoms with Crippen LogP contribution in [0, 0.1) is 11.3 Å². The van der Waals surface area contributed by atoms with Crippen LogP contribution in [0.25, 0.3) is 0 Å². The van der Waals surface area contributed by atoms with E-state index in [1.54, 1.807) is 11.0 Å². The third-order valence-electron chi connectivity index (χ3n) is 4.07. The van der Waals surface area contributed by atoms with Crippen LogP contribution in [0.4, 0.5) is 4.79 Å². The van der Waals surface area contributed by atoms with Gasteiger partial charge in [0.1, 0.15) is 17.4 Å². The number of benzene rings is 1. The number of nitriles is 1. The number of carbonyl (C=O) groups is 1. The van der Waals surface area contributed by atoms with E-state index in [1.165, 1.54) is 0 Å². The molecule has 1 saturated heterocycles. The number of ether oxygens (including phenoxy) is 2. The van der Waals surface area contributed by atoms with Gasteiger partial charge in [0.25, 0.3) is 0 Å². The Hall–Kier alpha value is -1.93. The lowest BCUT2D eigenvalue weighted by Crippen LogP contribution is -2.50. The summed E-state index contributed by atoms with van der Waals surface area (Å²) in [6, 6.07) is 4.00. The second-order valence-electron chi connectivity index (χ2n) is 7.12. The zero-order valence-electron chi connectivity index (χ0n) is 15.5. The molecule has 1 aliphatic rings. The van der Waals surface area contributed by atoms with Crippen molar-refractivity contribution in [2.75, 3.05) is 19.7 Å². The molecule has 6 heteroatoms. The van der Waals surface area contributed by atoms with Gasteiger partial charge in [-0.1, -0.05) is 18.5 Å². The molecule has 2 rings (SSSR count). The lowest BCUT2D eigenvalue weighted by atomic mass is 9.86. The zero-order chi connectivity index (χ0) is 18.8. The minimum Gasteiger partial charge on any atom is -0.493 e. The molecular formula is C19H25ClN2O3. The summed E-state index contributed by atoms with van der Waals surface area (Å²) in [4.78, 5) is 13.8. The van der Waals surface area contributed by atoms with Crippen molar-refractivity contribution in [3.63, 3.8) is 0 Å². The van der Waals surface area contributed by atoms with E-state index in [0.29, 0.717) is 30.3 Å². The SMILES string of the molecule is CCOc1c(CC)cc(Cl)c(C#N)c1C1CN(C(=O)OC(C)(C)C)C1. The average Bonchev–Trinajstić information content (AvgIpc) is 2.46. The van der Waals surface area contributed by atoms with Crippen LogP contribution in [0.1, 0.15) is 57.2 Å². The number of halogens is 1. The monoisotopic (exact) mass is 364 g/mol. The summed E-state index contributed by atoms with van der Waals surface area (Å²) in [5, 5.41) is 10.00. The van der Waals surface area contributed by atoms with Gasteiger partial charge in [-0.25, -0.2) is 4.79 Å². The number of hydrogen-bond acceptors (Lipinski definition) is 4. The van der Waals surface area contributed by atoms with Crippen molar-refractivity contribution in [3.05, 3.63) is 27.8 Å². The molecule has 0 atom stereocenters. The first-order valence-electron chi connectivity index (χ1n) is 8.57. The van der Waals surface area contributed by atoms with Gasteiger partial charge in [-0.15, -0.1) is 0 Å². The van der Waals surface area contributed by atoms with E-state index in [9.17, 15) is 10.1 Å². The smallest absolute Gasteiger partial charge is 0.410 e. The van der Waals surface area contributed by atoms with Gasteiger partial charge >= 0.3 is 6.09 Å². The van der Waals surface area contributed by atoms with Crippen LogP contribution in [0.3, 0.4) is 0 Å². The zero-order valence-corrected chi connectivity index (χ0v) is 16.2. The number of nitrogens with zero attached hydrogens (tertiary/aromatic N) is 2. The Kier molecular flexibility index (Phi) is 5.84. The first-order valence-corrected chi connectivity index (χ1v) is 8.95. The molecule has 0 radical (unpaired) electrons. The molecule has 1 aromatic rings. The van der Waals surface area contributed by atoms with Gasteiger partial charge in [-0.2, -0.15) is 5.26 Å². The van der Waals surface area contributed by atoms with Crippen LogP contribution in [0.2, 0.25) is 5.02 Å². The molecule has 1 aliphatic heterocycles. The number of carbonyl (C=O) groups excluding carboxylic acids is 1. The first-order chi connectivity index (χ1) is 11.7. The molecule has 0 aromatic heterocycles. The van der Waals surface area contributed by atoms with Crippen LogP contribution in [-0.4, -0.2) is 36.3 Å². The van der Waals surface area contributed by atoms with Crippen LogP contribution < -0.4 is 4.74 Å². The number of likely N-dealkylation sites (tertiary alicyclic amines) is 1. The molecule has 0 saturated carbocycles. The van der Waals surface area contributed by atoms with Gasteiger partial charge in [0.15, 0.2) is 0 Å². The Morgan fingerprint density at radius 2 is 2.04 bits per heavy atom. The molecule has 1 heterocycles.